The Kier molecular flexibility index (Phi) is 6.59. The number of nitrogens with one attached hydrogen (secondary N) is 1. The molecule has 0 saturated carbocycles. The van der Waals surface area contributed by atoms with Gasteiger partial charge in [-0.25, -0.2) is 19.6 Å². The van der Waals surface area contributed by atoms with Gasteiger partial charge in [0, 0.05) is 36.6 Å². The number of ether oxygens (including phenoxy) is 2. The Labute approximate surface area is 246 Å². The fourth-order valence-electron chi connectivity index (χ4n) is 5.47. The SMILES string of the molecule is COc1cc(-c2nn(-c3ccc(N4CCOCC4)nc3)c3ncnc(N)c23)ccc1NC(=O)c1cc2ccccc2n1C. The van der Waals surface area contributed by atoms with Gasteiger partial charge in [0.05, 0.1) is 43.3 Å². The Morgan fingerprint density at radius 1 is 1.02 bits per heavy atom. The predicted octanol–water partition coefficient (Wildman–Crippen LogP) is 4.05. The van der Waals surface area contributed by atoms with E-state index in [1.807, 2.05) is 66.2 Å². The largest absolute Gasteiger partial charge is 0.495 e. The first-order valence-electron chi connectivity index (χ1n) is 13.8. The van der Waals surface area contributed by atoms with Crippen LogP contribution in [0.3, 0.4) is 0 Å². The van der Waals surface area contributed by atoms with E-state index in [0.29, 0.717) is 52.9 Å². The lowest BCUT2D eigenvalue weighted by Crippen LogP contribution is -2.36. The second-order valence-electron chi connectivity index (χ2n) is 10.2. The molecule has 0 bridgehead atoms. The first kappa shape index (κ1) is 26.4. The number of anilines is 3. The average Bonchev–Trinajstić information content (AvgIpc) is 3.61. The van der Waals surface area contributed by atoms with E-state index in [1.54, 1.807) is 24.1 Å². The van der Waals surface area contributed by atoms with Crippen molar-refractivity contribution in [1.82, 2.24) is 29.3 Å². The Bertz CT molecular complexity index is 1970. The van der Waals surface area contributed by atoms with E-state index in [0.717, 1.165) is 41.1 Å². The Balaban J connectivity index is 1.23. The summed E-state index contributed by atoms with van der Waals surface area (Å²) in [6.07, 6.45) is 3.19. The molecule has 0 unspecified atom stereocenters. The number of aromatic nitrogens is 6. The van der Waals surface area contributed by atoms with Crippen LogP contribution in [0.15, 0.2) is 73.2 Å². The van der Waals surface area contributed by atoms with Crippen LogP contribution < -0.4 is 20.7 Å². The van der Waals surface area contributed by atoms with E-state index in [4.69, 9.17) is 20.3 Å². The third-order valence-electron chi connectivity index (χ3n) is 7.71. The zero-order chi connectivity index (χ0) is 29.5. The molecule has 1 aliphatic heterocycles. The maximum atomic E-state index is 13.3. The molecule has 0 atom stereocenters. The molecule has 1 amide bonds. The number of aryl methyl sites for hydroxylation is 1. The van der Waals surface area contributed by atoms with E-state index in [2.05, 4.69) is 25.2 Å². The molecular formula is C31H29N9O3. The molecule has 0 spiro atoms. The van der Waals surface area contributed by atoms with Gasteiger partial charge >= 0.3 is 0 Å². The molecule has 0 aliphatic carbocycles. The van der Waals surface area contributed by atoms with Crippen molar-refractivity contribution >= 4 is 45.2 Å². The Morgan fingerprint density at radius 3 is 2.63 bits per heavy atom. The van der Waals surface area contributed by atoms with E-state index in [1.165, 1.54) is 6.33 Å². The number of nitrogens with zero attached hydrogens (tertiary/aromatic N) is 7. The molecule has 1 saturated heterocycles. The molecule has 7 rings (SSSR count). The lowest BCUT2D eigenvalue weighted by molar-refractivity contribution is 0.101. The minimum Gasteiger partial charge on any atom is -0.495 e. The highest BCUT2D eigenvalue weighted by Crippen LogP contribution is 2.36. The number of hydrogen-bond acceptors (Lipinski definition) is 9. The summed E-state index contributed by atoms with van der Waals surface area (Å²) in [6, 6.07) is 19.1. The van der Waals surface area contributed by atoms with Crippen LogP contribution in [-0.4, -0.2) is 68.6 Å². The van der Waals surface area contributed by atoms with E-state index < -0.39 is 0 Å². The average molecular weight is 576 g/mol. The zero-order valence-electron chi connectivity index (χ0n) is 23.7. The van der Waals surface area contributed by atoms with Crippen molar-refractivity contribution < 1.29 is 14.3 Å². The van der Waals surface area contributed by atoms with Crippen molar-refractivity contribution in [2.24, 2.45) is 7.05 Å². The van der Waals surface area contributed by atoms with Gasteiger partial charge in [0.2, 0.25) is 0 Å². The molecule has 0 radical (unpaired) electrons. The number of benzene rings is 2. The second-order valence-corrected chi connectivity index (χ2v) is 10.2. The van der Waals surface area contributed by atoms with Crippen molar-refractivity contribution in [3.63, 3.8) is 0 Å². The molecule has 3 N–H and O–H groups in total. The standard InChI is InChI=1S/C31H29N9O3/c1-38-23-6-4-3-5-19(23)15-24(38)31(41)36-22-9-7-20(16-25(22)42-2)28-27-29(32)34-18-35-30(27)40(37-28)21-8-10-26(33-17-21)39-11-13-43-14-12-39/h3-10,15-18H,11-14H2,1-2H3,(H,36,41)(H2,32,34,35). The normalized spacial score (nSPS) is 13.5. The molecule has 2 aromatic carbocycles. The van der Waals surface area contributed by atoms with Gasteiger partial charge in [-0.15, -0.1) is 0 Å². The van der Waals surface area contributed by atoms with Gasteiger partial charge in [0.25, 0.3) is 5.91 Å². The molecular weight excluding hydrogens is 546 g/mol. The highest BCUT2D eigenvalue weighted by atomic mass is 16.5. The molecule has 12 heteroatoms. The van der Waals surface area contributed by atoms with Crippen molar-refractivity contribution in [3.8, 4) is 22.7 Å². The van der Waals surface area contributed by atoms with Crippen LogP contribution in [0.25, 0.3) is 38.9 Å². The summed E-state index contributed by atoms with van der Waals surface area (Å²) >= 11 is 0. The predicted molar refractivity (Wildman–Crippen MR) is 165 cm³/mol. The van der Waals surface area contributed by atoms with Gasteiger partial charge in [-0.3, -0.25) is 4.79 Å². The number of carbonyl (C=O) groups excluding carboxylic acids is 1. The van der Waals surface area contributed by atoms with Gasteiger partial charge in [-0.2, -0.15) is 5.10 Å². The summed E-state index contributed by atoms with van der Waals surface area (Å²) in [5, 5.41) is 9.48. The monoisotopic (exact) mass is 575 g/mol. The summed E-state index contributed by atoms with van der Waals surface area (Å²) in [5.41, 5.74) is 11.0. The maximum absolute atomic E-state index is 13.3. The number of amides is 1. The van der Waals surface area contributed by atoms with Crippen molar-refractivity contribution in [1.29, 1.82) is 0 Å². The van der Waals surface area contributed by atoms with Gasteiger partial charge in [0.15, 0.2) is 5.65 Å². The summed E-state index contributed by atoms with van der Waals surface area (Å²) in [5.74, 6) is 1.41. The fourth-order valence-corrected chi connectivity index (χ4v) is 5.47. The first-order chi connectivity index (χ1) is 21.0. The molecule has 4 aromatic heterocycles. The number of nitrogen functional groups attached to an aromatic ring is 1. The quantitative estimate of drug-likeness (QED) is 0.301. The number of morpholine rings is 1. The highest BCUT2D eigenvalue weighted by Gasteiger charge is 2.21. The number of pyridine rings is 1. The number of para-hydroxylation sites is 1. The molecule has 12 nitrogen and oxygen atoms in total. The van der Waals surface area contributed by atoms with E-state index in [-0.39, 0.29) is 5.91 Å². The molecule has 43 heavy (non-hydrogen) atoms. The van der Waals surface area contributed by atoms with Crippen LogP contribution in [-0.2, 0) is 11.8 Å². The van der Waals surface area contributed by atoms with Crippen LogP contribution in [0.2, 0.25) is 0 Å². The van der Waals surface area contributed by atoms with Crippen LogP contribution >= 0.6 is 0 Å². The number of fused-ring (bicyclic) bond motifs is 2. The highest BCUT2D eigenvalue weighted by molar-refractivity contribution is 6.07. The van der Waals surface area contributed by atoms with Crippen molar-refractivity contribution in [2.75, 3.05) is 49.4 Å². The zero-order valence-corrected chi connectivity index (χ0v) is 23.7. The fraction of sp³-hybridized carbons (Fsp3) is 0.194. The number of rotatable bonds is 6. The third-order valence-corrected chi connectivity index (χ3v) is 7.71. The van der Waals surface area contributed by atoms with Crippen molar-refractivity contribution in [3.05, 3.63) is 78.9 Å². The summed E-state index contributed by atoms with van der Waals surface area (Å²) in [4.78, 5) is 28.9. The van der Waals surface area contributed by atoms with Crippen molar-refractivity contribution in [2.45, 2.75) is 0 Å². The summed E-state index contributed by atoms with van der Waals surface area (Å²) in [6.45, 7) is 2.96. The van der Waals surface area contributed by atoms with Gasteiger partial charge < -0.3 is 30.0 Å². The summed E-state index contributed by atoms with van der Waals surface area (Å²) < 4.78 is 14.7. The third kappa shape index (κ3) is 4.67. The molecule has 216 valence electrons. The second kappa shape index (κ2) is 10.7. The van der Waals surface area contributed by atoms with Gasteiger partial charge in [0.1, 0.15) is 35.1 Å². The smallest absolute Gasteiger partial charge is 0.272 e. The maximum Gasteiger partial charge on any atom is 0.272 e. The van der Waals surface area contributed by atoms with Crippen LogP contribution in [0.5, 0.6) is 5.75 Å². The molecule has 6 aromatic rings. The van der Waals surface area contributed by atoms with Crippen LogP contribution in [0, 0.1) is 0 Å². The van der Waals surface area contributed by atoms with E-state index in [9.17, 15) is 4.79 Å². The minimum atomic E-state index is -0.245. The van der Waals surface area contributed by atoms with Crippen LogP contribution in [0.4, 0.5) is 17.3 Å². The first-order valence-corrected chi connectivity index (χ1v) is 13.8. The van der Waals surface area contributed by atoms with Crippen LogP contribution in [0.1, 0.15) is 10.5 Å². The molecule has 5 heterocycles. The Hall–Kier alpha value is -5.49. The molecule has 1 fully saturated rings. The number of hydrogen-bond donors (Lipinski definition) is 2. The topological polar surface area (TPSA) is 138 Å². The van der Waals surface area contributed by atoms with Gasteiger partial charge in [-0.05, 0) is 36.4 Å². The number of carbonyl (C=O) groups is 1. The summed E-state index contributed by atoms with van der Waals surface area (Å²) in [7, 11) is 3.43. The minimum absolute atomic E-state index is 0.245. The number of nitrogens with two attached hydrogens (primary N) is 1. The lowest BCUT2D eigenvalue weighted by Gasteiger charge is -2.27. The lowest BCUT2D eigenvalue weighted by atomic mass is 10.1. The Morgan fingerprint density at radius 2 is 1.86 bits per heavy atom. The van der Waals surface area contributed by atoms with Gasteiger partial charge in [-0.1, -0.05) is 24.3 Å². The molecule has 1 aliphatic rings. The van der Waals surface area contributed by atoms with E-state index >= 15 is 0 Å². The number of methoxy groups -OCH3 is 1.